The average Bonchev–Trinajstić information content (AvgIpc) is 3.10. The van der Waals surface area contributed by atoms with E-state index in [9.17, 15) is 9.59 Å². The van der Waals surface area contributed by atoms with Gasteiger partial charge in [-0.1, -0.05) is 6.07 Å². The molecule has 0 aromatic heterocycles. The van der Waals surface area contributed by atoms with Gasteiger partial charge in [-0.25, -0.2) is 0 Å². The number of amides is 2. The molecule has 7 nitrogen and oxygen atoms in total. The summed E-state index contributed by atoms with van der Waals surface area (Å²) in [7, 11) is 0. The van der Waals surface area contributed by atoms with E-state index in [2.05, 4.69) is 4.90 Å². The first-order chi connectivity index (χ1) is 12.1. The van der Waals surface area contributed by atoms with Crippen molar-refractivity contribution in [2.75, 3.05) is 46.1 Å². The van der Waals surface area contributed by atoms with Crippen LogP contribution in [0.15, 0.2) is 18.2 Å². The van der Waals surface area contributed by atoms with Crippen LogP contribution < -0.4 is 9.47 Å². The number of carbonyl (C=O) groups is 2. The molecule has 2 amide bonds. The summed E-state index contributed by atoms with van der Waals surface area (Å²) in [4.78, 5) is 30.0. The quantitative estimate of drug-likeness (QED) is 0.758. The average molecular weight is 347 g/mol. The molecule has 3 rings (SSSR count). The number of likely N-dealkylation sites (N-methyl/N-ethyl adjacent to an activating group) is 1. The van der Waals surface area contributed by atoms with Crippen LogP contribution >= 0.6 is 0 Å². The summed E-state index contributed by atoms with van der Waals surface area (Å²) in [6, 6.07) is 5.97. The Morgan fingerprint density at radius 2 is 1.72 bits per heavy atom. The first-order valence-electron chi connectivity index (χ1n) is 8.81. The highest BCUT2D eigenvalue weighted by atomic mass is 16.7. The molecule has 0 unspecified atom stereocenters. The van der Waals surface area contributed by atoms with E-state index in [-0.39, 0.29) is 12.7 Å². The predicted molar refractivity (Wildman–Crippen MR) is 92.4 cm³/mol. The minimum atomic E-state index is -0.394. The molecular formula is C18H25N3O4. The predicted octanol–water partition coefficient (Wildman–Crippen LogP) is 0.928. The normalized spacial score (nSPS) is 16.8. The molecule has 1 aromatic rings. The first-order valence-corrected chi connectivity index (χ1v) is 8.81. The summed E-state index contributed by atoms with van der Waals surface area (Å²) in [5, 5.41) is 0. The van der Waals surface area contributed by atoms with Crippen molar-refractivity contribution in [3.05, 3.63) is 23.8 Å². The highest BCUT2D eigenvalue weighted by molar-refractivity contribution is 6.34. The van der Waals surface area contributed by atoms with Crippen molar-refractivity contribution in [1.29, 1.82) is 0 Å². The van der Waals surface area contributed by atoms with Crippen molar-refractivity contribution in [3.63, 3.8) is 0 Å². The van der Waals surface area contributed by atoms with Crippen LogP contribution in [0.2, 0.25) is 0 Å². The van der Waals surface area contributed by atoms with E-state index >= 15 is 0 Å². The third-order valence-electron chi connectivity index (χ3n) is 4.74. The van der Waals surface area contributed by atoms with Gasteiger partial charge < -0.3 is 19.3 Å². The molecule has 136 valence electrons. The SMILES string of the molecule is CCN(CC)C(=O)C(=O)N1CCN(Cc2ccc3c(c2)OCO3)CC1. The van der Waals surface area contributed by atoms with Gasteiger partial charge in [0.05, 0.1) is 0 Å². The largest absolute Gasteiger partial charge is 0.454 e. The number of hydrogen-bond donors (Lipinski definition) is 0. The lowest BCUT2D eigenvalue weighted by Gasteiger charge is -2.35. The number of ether oxygens (including phenoxy) is 2. The zero-order valence-corrected chi connectivity index (χ0v) is 14.9. The molecule has 2 aliphatic heterocycles. The van der Waals surface area contributed by atoms with Crippen molar-refractivity contribution in [2.45, 2.75) is 20.4 Å². The fourth-order valence-corrected chi connectivity index (χ4v) is 3.19. The maximum absolute atomic E-state index is 12.3. The molecule has 2 aliphatic rings. The van der Waals surface area contributed by atoms with E-state index in [1.165, 1.54) is 0 Å². The third-order valence-corrected chi connectivity index (χ3v) is 4.74. The lowest BCUT2D eigenvalue weighted by molar-refractivity contribution is -0.152. The molecule has 0 atom stereocenters. The van der Waals surface area contributed by atoms with Crippen molar-refractivity contribution in [1.82, 2.24) is 14.7 Å². The van der Waals surface area contributed by atoms with Crippen molar-refractivity contribution in [2.24, 2.45) is 0 Å². The zero-order valence-electron chi connectivity index (χ0n) is 14.9. The van der Waals surface area contributed by atoms with Gasteiger partial charge in [0.2, 0.25) is 6.79 Å². The minimum Gasteiger partial charge on any atom is -0.454 e. The van der Waals surface area contributed by atoms with E-state index in [0.717, 1.165) is 36.7 Å². The van der Waals surface area contributed by atoms with Gasteiger partial charge in [-0.2, -0.15) is 0 Å². The second kappa shape index (κ2) is 7.74. The van der Waals surface area contributed by atoms with E-state index in [1.807, 2.05) is 32.0 Å². The summed E-state index contributed by atoms with van der Waals surface area (Å²) in [5.74, 6) is 0.797. The van der Waals surface area contributed by atoms with E-state index in [0.29, 0.717) is 26.2 Å². The molecule has 25 heavy (non-hydrogen) atoms. The molecule has 2 heterocycles. The van der Waals surface area contributed by atoms with Crippen LogP contribution in [0.25, 0.3) is 0 Å². The summed E-state index contributed by atoms with van der Waals surface area (Å²) < 4.78 is 10.7. The van der Waals surface area contributed by atoms with Crippen LogP contribution in [0.4, 0.5) is 0 Å². The highest BCUT2D eigenvalue weighted by Crippen LogP contribution is 2.32. The Balaban J connectivity index is 1.52. The molecule has 1 fully saturated rings. The molecule has 0 radical (unpaired) electrons. The molecule has 0 spiro atoms. The van der Waals surface area contributed by atoms with Crippen molar-refractivity contribution >= 4 is 11.8 Å². The zero-order chi connectivity index (χ0) is 17.8. The summed E-state index contributed by atoms with van der Waals surface area (Å²) >= 11 is 0. The molecular weight excluding hydrogens is 322 g/mol. The summed E-state index contributed by atoms with van der Waals surface area (Å²) in [5.41, 5.74) is 1.16. The Labute approximate surface area is 148 Å². The van der Waals surface area contributed by atoms with Crippen LogP contribution in [0.1, 0.15) is 19.4 Å². The molecule has 1 saturated heterocycles. The number of carbonyl (C=O) groups excluding carboxylic acids is 2. The van der Waals surface area contributed by atoms with Gasteiger partial charge in [0.25, 0.3) is 0 Å². The maximum atomic E-state index is 12.3. The maximum Gasteiger partial charge on any atom is 0.312 e. The highest BCUT2D eigenvalue weighted by Gasteiger charge is 2.28. The number of rotatable bonds is 4. The number of hydrogen-bond acceptors (Lipinski definition) is 5. The van der Waals surface area contributed by atoms with E-state index in [1.54, 1.807) is 9.80 Å². The summed E-state index contributed by atoms with van der Waals surface area (Å²) in [6.07, 6.45) is 0. The van der Waals surface area contributed by atoms with E-state index < -0.39 is 5.91 Å². The van der Waals surface area contributed by atoms with Gasteiger partial charge >= 0.3 is 11.8 Å². The lowest BCUT2D eigenvalue weighted by Crippen LogP contribution is -2.53. The fourth-order valence-electron chi connectivity index (χ4n) is 3.19. The third kappa shape index (κ3) is 3.87. The molecule has 0 N–H and O–H groups in total. The minimum absolute atomic E-state index is 0.278. The van der Waals surface area contributed by atoms with Gasteiger partial charge in [-0.3, -0.25) is 14.5 Å². The Bertz CT molecular complexity index is 637. The Hall–Kier alpha value is -2.28. The van der Waals surface area contributed by atoms with Crippen LogP contribution in [0.3, 0.4) is 0 Å². The molecule has 0 aliphatic carbocycles. The van der Waals surface area contributed by atoms with Crippen molar-refractivity contribution in [3.8, 4) is 11.5 Å². The van der Waals surface area contributed by atoms with Crippen LogP contribution in [-0.2, 0) is 16.1 Å². The fraction of sp³-hybridized carbons (Fsp3) is 0.556. The van der Waals surface area contributed by atoms with E-state index in [4.69, 9.17) is 9.47 Å². The number of fused-ring (bicyclic) bond motifs is 1. The Morgan fingerprint density at radius 1 is 1.04 bits per heavy atom. The van der Waals surface area contributed by atoms with Gasteiger partial charge in [-0.15, -0.1) is 0 Å². The second-order valence-electron chi connectivity index (χ2n) is 6.23. The number of benzene rings is 1. The second-order valence-corrected chi connectivity index (χ2v) is 6.23. The number of piperazine rings is 1. The molecule has 7 heteroatoms. The van der Waals surface area contributed by atoms with Crippen LogP contribution in [0.5, 0.6) is 11.5 Å². The molecule has 1 aromatic carbocycles. The van der Waals surface area contributed by atoms with Gasteiger partial charge in [-0.05, 0) is 31.5 Å². The topological polar surface area (TPSA) is 62.3 Å². The summed E-state index contributed by atoms with van der Waals surface area (Å²) in [6.45, 7) is 8.64. The van der Waals surface area contributed by atoms with Gasteiger partial charge in [0.1, 0.15) is 0 Å². The Morgan fingerprint density at radius 3 is 2.40 bits per heavy atom. The molecule has 0 saturated carbocycles. The monoisotopic (exact) mass is 347 g/mol. The van der Waals surface area contributed by atoms with Crippen LogP contribution in [0, 0.1) is 0 Å². The van der Waals surface area contributed by atoms with Gasteiger partial charge in [0.15, 0.2) is 11.5 Å². The Kier molecular flexibility index (Phi) is 5.43. The van der Waals surface area contributed by atoms with Gasteiger partial charge in [0, 0.05) is 45.8 Å². The molecule has 0 bridgehead atoms. The van der Waals surface area contributed by atoms with Crippen molar-refractivity contribution < 1.29 is 19.1 Å². The first kappa shape index (κ1) is 17.5. The number of nitrogens with zero attached hydrogens (tertiary/aromatic N) is 3. The van der Waals surface area contributed by atoms with Crippen LogP contribution in [-0.4, -0.2) is 72.6 Å². The smallest absolute Gasteiger partial charge is 0.312 e. The standard InChI is InChI=1S/C18H25N3O4/c1-3-20(4-2)17(22)18(23)21-9-7-19(8-10-21)12-14-5-6-15-16(11-14)25-13-24-15/h5-6,11H,3-4,7-10,12-13H2,1-2H3. The lowest BCUT2D eigenvalue weighted by atomic mass is 10.1.